The van der Waals surface area contributed by atoms with Gasteiger partial charge in [-0.15, -0.1) is 0 Å². The summed E-state index contributed by atoms with van der Waals surface area (Å²) in [4.78, 5) is 0. The molecule has 4 aromatic carbocycles. The van der Waals surface area contributed by atoms with E-state index in [-0.39, 0.29) is 0 Å². The molecule has 0 unspecified atom stereocenters. The van der Waals surface area contributed by atoms with E-state index >= 15 is 0 Å². The number of para-hydroxylation sites is 1. The van der Waals surface area contributed by atoms with Gasteiger partial charge in [-0.05, 0) is 41.5 Å². The maximum absolute atomic E-state index is 3.62. The summed E-state index contributed by atoms with van der Waals surface area (Å²) >= 11 is 3.62. The number of fused-ring (bicyclic) bond motifs is 6. The molecule has 0 saturated carbocycles. The van der Waals surface area contributed by atoms with Crippen LogP contribution in [0, 0.1) is 0 Å². The van der Waals surface area contributed by atoms with Crippen molar-refractivity contribution >= 4 is 54.0 Å². The first-order valence-electron chi connectivity index (χ1n) is 8.74. The molecule has 122 valence electrons. The Morgan fingerprint density at radius 2 is 1.23 bits per heavy atom. The van der Waals surface area contributed by atoms with Crippen molar-refractivity contribution in [3.05, 3.63) is 89.4 Å². The Hall–Kier alpha value is -2.84. The third-order valence-corrected chi connectivity index (χ3v) is 5.88. The Kier molecular flexibility index (Phi) is 2.81. The second-order valence-electron chi connectivity index (χ2n) is 6.80. The number of aromatic nitrogens is 1. The van der Waals surface area contributed by atoms with E-state index in [4.69, 9.17) is 0 Å². The molecule has 1 nitrogen and oxygen atoms in total. The molecule has 6 rings (SSSR count). The van der Waals surface area contributed by atoms with Crippen molar-refractivity contribution in [2.75, 3.05) is 0 Å². The maximum Gasteiger partial charge on any atom is 0.0620 e. The molecule has 2 heterocycles. The normalized spacial score (nSPS) is 12.0. The van der Waals surface area contributed by atoms with Crippen molar-refractivity contribution in [3.8, 4) is 11.1 Å². The zero-order valence-corrected chi connectivity index (χ0v) is 15.5. The maximum atomic E-state index is 3.62. The predicted molar refractivity (Wildman–Crippen MR) is 114 cm³/mol. The van der Waals surface area contributed by atoms with Crippen molar-refractivity contribution in [1.29, 1.82) is 0 Å². The van der Waals surface area contributed by atoms with E-state index in [9.17, 15) is 0 Å². The fourth-order valence-corrected chi connectivity index (χ4v) is 4.63. The van der Waals surface area contributed by atoms with Crippen molar-refractivity contribution in [3.63, 3.8) is 0 Å². The molecule has 0 amide bonds. The van der Waals surface area contributed by atoms with Crippen molar-refractivity contribution < 1.29 is 0 Å². The van der Waals surface area contributed by atoms with E-state index in [0.717, 1.165) is 4.47 Å². The lowest BCUT2D eigenvalue weighted by molar-refractivity contribution is 1.37. The molecule has 0 radical (unpaired) electrons. The molecule has 0 fully saturated rings. The molecule has 0 aliphatic carbocycles. The van der Waals surface area contributed by atoms with Crippen molar-refractivity contribution in [2.45, 2.75) is 0 Å². The highest BCUT2D eigenvalue weighted by Gasteiger charge is 2.17. The smallest absolute Gasteiger partial charge is 0.0620 e. The van der Waals surface area contributed by atoms with Crippen LogP contribution in [0.3, 0.4) is 0 Å². The second-order valence-corrected chi connectivity index (χ2v) is 7.71. The fraction of sp³-hybridized carbons (Fsp3) is 0. The zero-order chi connectivity index (χ0) is 17.3. The molecule has 0 saturated heterocycles. The summed E-state index contributed by atoms with van der Waals surface area (Å²) in [6.07, 6.45) is 0. The topological polar surface area (TPSA) is 4.41 Å². The van der Waals surface area contributed by atoms with Crippen LogP contribution >= 0.6 is 15.9 Å². The van der Waals surface area contributed by atoms with E-state index in [1.807, 2.05) is 0 Å². The molecule has 2 heteroatoms. The Balaban J connectivity index is 1.81. The van der Waals surface area contributed by atoms with Gasteiger partial charge in [-0.1, -0.05) is 70.5 Å². The summed E-state index contributed by atoms with van der Waals surface area (Å²) in [5.41, 5.74) is 6.38. The van der Waals surface area contributed by atoms with Crippen LogP contribution in [0.5, 0.6) is 0 Å². The molecule has 0 N–H and O–H groups in total. The minimum absolute atomic E-state index is 1.12. The first-order valence-corrected chi connectivity index (χ1v) is 9.53. The van der Waals surface area contributed by atoms with Gasteiger partial charge in [0.1, 0.15) is 0 Å². The highest BCUT2D eigenvalue weighted by Crippen LogP contribution is 2.40. The van der Waals surface area contributed by atoms with Gasteiger partial charge in [0.25, 0.3) is 0 Å². The van der Waals surface area contributed by atoms with Crippen molar-refractivity contribution in [1.82, 2.24) is 4.40 Å². The molecule has 0 spiro atoms. The quantitative estimate of drug-likeness (QED) is 0.275. The van der Waals surface area contributed by atoms with Gasteiger partial charge in [-0.25, -0.2) is 0 Å². The van der Waals surface area contributed by atoms with E-state index in [1.54, 1.807) is 0 Å². The Bertz CT molecular complexity index is 1430. The van der Waals surface area contributed by atoms with Crippen molar-refractivity contribution in [2.24, 2.45) is 0 Å². The molecule has 2 aromatic heterocycles. The standard InChI is InChI=1S/C24H14BrN/c25-17-10-12-23-21(14-17)19-8-4-7-18-20-13-16(15-5-2-1-3-6-15)9-11-22(20)26(23)24(18)19/h1-14H. The van der Waals surface area contributed by atoms with Gasteiger partial charge in [0.15, 0.2) is 0 Å². The SMILES string of the molecule is Brc1ccc2c(c1)c1cccc3c4cc(-c5ccccc5)ccc4n2c13. The molecule has 0 aliphatic rings. The minimum Gasteiger partial charge on any atom is -0.308 e. The van der Waals surface area contributed by atoms with E-state index in [1.165, 1.54) is 49.2 Å². The first-order chi connectivity index (χ1) is 12.8. The predicted octanol–water partition coefficient (Wildman–Crippen LogP) is 7.27. The number of hydrogen-bond acceptors (Lipinski definition) is 0. The zero-order valence-electron chi connectivity index (χ0n) is 13.9. The number of halogens is 1. The summed E-state index contributed by atoms with van der Waals surface area (Å²) in [6, 6.07) is 30.6. The first kappa shape index (κ1) is 14.3. The fourth-order valence-electron chi connectivity index (χ4n) is 4.27. The van der Waals surface area contributed by atoms with Crippen LogP contribution in [-0.4, -0.2) is 4.40 Å². The molecule has 26 heavy (non-hydrogen) atoms. The molecule has 0 bridgehead atoms. The average Bonchev–Trinajstić information content (AvgIpc) is 3.19. The average molecular weight is 396 g/mol. The van der Waals surface area contributed by atoms with Gasteiger partial charge < -0.3 is 4.40 Å². The number of rotatable bonds is 1. The summed E-state index contributed by atoms with van der Waals surface area (Å²) in [5.74, 6) is 0. The van der Waals surface area contributed by atoms with Crippen LogP contribution in [0.1, 0.15) is 0 Å². The van der Waals surface area contributed by atoms with Crippen LogP contribution in [0.2, 0.25) is 0 Å². The summed E-state index contributed by atoms with van der Waals surface area (Å²) in [5, 5.41) is 5.25. The summed E-state index contributed by atoms with van der Waals surface area (Å²) in [6.45, 7) is 0. The number of nitrogens with zero attached hydrogens (tertiary/aromatic N) is 1. The van der Waals surface area contributed by atoms with Gasteiger partial charge >= 0.3 is 0 Å². The lowest BCUT2D eigenvalue weighted by Crippen LogP contribution is -1.81. The summed E-state index contributed by atoms with van der Waals surface area (Å²) in [7, 11) is 0. The van der Waals surface area contributed by atoms with E-state index in [0.29, 0.717) is 0 Å². The van der Waals surface area contributed by atoms with Gasteiger partial charge in [0.2, 0.25) is 0 Å². The van der Waals surface area contributed by atoms with Crippen LogP contribution < -0.4 is 0 Å². The molecular formula is C24H14BrN. The Morgan fingerprint density at radius 1 is 0.538 bits per heavy atom. The van der Waals surface area contributed by atoms with Gasteiger partial charge in [-0.2, -0.15) is 0 Å². The van der Waals surface area contributed by atoms with Gasteiger partial charge in [-0.3, -0.25) is 0 Å². The third kappa shape index (κ3) is 1.80. The lowest BCUT2D eigenvalue weighted by Gasteiger charge is -2.03. The van der Waals surface area contributed by atoms with Crippen LogP contribution in [0.25, 0.3) is 49.2 Å². The second kappa shape index (κ2) is 5.09. The monoisotopic (exact) mass is 395 g/mol. The highest BCUT2D eigenvalue weighted by atomic mass is 79.9. The van der Waals surface area contributed by atoms with Gasteiger partial charge in [0.05, 0.1) is 16.6 Å². The molecule has 0 atom stereocenters. The third-order valence-electron chi connectivity index (χ3n) is 5.38. The molecular weight excluding hydrogens is 382 g/mol. The van der Waals surface area contributed by atoms with Crippen LogP contribution in [0.15, 0.2) is 89.4 Å². The van der Waals surface area contributed by atoms with Crippen LogP contribution in [0.4, 0.5) is 0 Å². The van der Waals surface area contributed by atoms with E-state index < -0.39 is 0 Å². The van der Waals surface area contributed by atoms with Crippen LogP contribution in [-0.2, 0) is 0 Å². The highest BCUT2D eigenvalue weighted by molar-refractivity contribution is 9.10. The number of benzene rings is 4. The van der Waals surface area contributed by atoms with E-state index in [2.05, 4.69) is 105 Å². The minimum atomic E-state index is 1.12. The molecule has 0 aliphatic heterocycles. The largest absolute Gasteiger partial charge is 0.308 e. The number of hydrogen-bond donors (Lipinski definition) is 0. The molecule has 6 aromatic rings. The Morgan fingerprint density at radius 3 is 2.00 bits per heavy atom. The Labute approximate surface area is 158 Å². The van der Waals surface area contributed by atoms with Gasteiger partial charge in [0, 0.05) is 26.0 Å². The lowest BCUT2D eigenvalue weighted by atomic mass is 10.0. The summed E-state index contributed by atoms with van der Waals surface area (Å²) < 4.78 is 3.53.